The Balaban J connectivity index is 2.24. The van der Waals surface area contributed by atoms with Crippen LogP contribution in [0.3, 0.4) is 0 Å². The summed E-state index contributed by atoms with van der Waals surface area (Å²) in [4.78, 5) is 7.75. The highest BCUT2D eigenvalue weighted by atomic mass is 79.9. The molecular weight excluding hydrogens is 381 g/mol. The van der Waals surface area contributed by atoms with E-state index >= 15 is 0 Å². The highest BCUT2D eigenvalue weighted by Crippen LogP contribution is 2.32. The van der Waals surface area contributed by atoms with E-state index in [0.717, 1.165) is 23.4 Å². The molecule has 0 radical (unpaired) electrons. The standard InChI is InChI=1S/C13H14BrCl2N3S/c1-3-17-12-10(15)5-11(16)13(18-12)19(2)6-9-4-8(14)7-20-9/h4-5,7H,3,6H2,1-2H3,(H,17,18). The van der Waals surface area contributed by atoms with E-state index in [1.807, 2.05) is 18.9 Å². The van der Waals surface area contributed by atoms with E-state index in [1.165, 1.54) is 4.88 Å². The minimum absolute atomic E-state index is 0.535. The van der Waals surface area contributed by atoms with Crippen LogP contribution in [0.15, 0.2) is 22.0 Å². The lowest BCUT2D eigenvalue weighted by atomic mass is 10.3. The molecule has 0 saturated carbocycles. The van der Waals surface area contributed by atoms with Crippen molar-refractivity contribution in [1.82, 2.24) is 4.98 Å². The zero-order valence-corrected chi connectivity index (χ0v) is 15.0. The second kappa shape index (κ2) is 6.98. The predicted molar refractivity (Wildman–Crippen MR) is 92.5 cm³/mol. The third-order valence-electron chi connectivity index (χ3n) is 2.63. The van der Waals surface area contributed by atoms with Crippen LogP contribution in [0.2, 0.25) is 10.0 Å². The molecule has 108 valence electrons. The second-order valence-electron chi connectivity index (χ2n) is 4.24. The highest BCUT2D eigenvalue weighted by molar-refractivity contribution is 9.10. The Hall–Kier alpha value is -0.490. The fourth-order valence-corrected chi connectivity index (χ4v) is 3.83. The van der Waals surface area contributed by atoms with Crippen LogP contribution in [0.1, 0.15) is 11.8 Å². The summed E-state index contributed by atoms with van der Waals surface area (Å²) < 4.78 is 1.09. The van der Waals surface area contributed by atoms with Gasteiger partial charge in [-0.25, -0.2) is 4.98 Å². The third-order valence-corrected chi connectivity index (χ3v) is 4.88. The minimum Gasteiger partial charge on any atom is -0.369 e. The molecule has 0 unspecified atom stereocenters. The van der Waals surface area contributed by atoms with E-state index in [2.05, 4.69) is 37.7 Å². The Morgan fingerprint density at radius 2 is 2.10 bits per heavy atom. The Labute approximate surface area is 141 Å². The molecule has 0 spiro atoms. The van der Waals surface area contributed by atoms with Gasteiger partial charge >= 0.3 is 0 Å². The molecule has 7 heteroatoms. The summed E-state index contributed by atoms with van der Waals surface area (Å²) in [7, 11) is 1.96. The number of halogens is 3. The molecule has 3 nitrogen and oxygen atoms in total. The molecule has 2 heterocycles. The molecular formula is C13H14BrCl2N3S. The zero-order valence-electron chi connectivity index (χ0n) is 11.1. The highest BCUT2D eigenvalue weighted by Gasteiger charge is 2.13. The van der Waals surface area contributed by atoms with Crippen molar-refractivity contribution in [2.24, 2.45) is 0 Å². The van der Waals surface area contributed by atoms with Crippen LogP contribution in [0, 0.1) is 0 Å². The van der Waals surface area contributed by atoms with Gasteiger partial charge in [-0.2, -0.15) is 0 Å². The summed E-state index contributed by atoms with van der Waals surface area (Å²) in [5, 5.41) is 6.28. The van der Waals surface area contributed by atoms with Crippen LogP contribution in [-0.4, -0.2) is 18.6 Å². The van der Waals surface area contributed by atoms with Crippen LogP contribution < -0.4 is 10.2 Å². The summed E-state index contributed by atoms with van der Waals surface area (Å²) in [6, 6.07) is 3.82. The van der Waals surface area contributed by atoms with Crippen LogP contribution in [-0.2, 0) is 6.54 Å². The number of anilines is 2. The summed E-state index contributed by atoms with van der Waals surface area (Å²) in [6.45, 7) is 3.50. The molecule has 1 N–H and O–H groups in total. The van der Waals surface area contributed by atoms with E-state index in [9.17, 15) is 0 Å². The Kier molecular flexibility index (Phi) is 5.55. The number of thiophene rings is 1. The number of nitrogens with zero attached hydrogens (tertiary/aromatic N) is 2. The lowest BCUT2D eigenvalue weighted by Crippen LogP contribution is -2.18. The number of hydrogen-bond acceptors (Lipinski definition) is 4. The largest absolute Gasteiger partial charge is 0.369 e. The number of nitrogens with one attached hydrogen (secondary N) is 1. The van der Waals surface area contributed by atoms with Crippen molar-refractivity contribution in [3.63, 3.8) is 0 Å². The molecule has 0 aromatic carbocycles. The van der Waals surface area contributed by atoms with Gasteiger partial charge in [0.05, 0.1) is 16.6 Å². The van der Waals surface area contributed by atoms with E-state index < -0.39 is 0 Å². The van der Waals surface area contributed by atoms with Crippen molar-refractivity contribution in [3.8, 4) is 0 Å². The first-order valence-electron chi connectivity index (χ1n) is 6.05. The van der Waals surface area contributed by atoms with Crippen LogP contribution in [0.25, 0.3) is 0 Å². The lowest BCUT2D eigenvalue weighted by molar-refractivity contribution is 0.912. The number of rotatable bonds is 5. The maximum Gasteiger partial charge on any atom is 0.150 e. The van der Waals surface area contributed by atoms with Gasteiger partial charge in [0, 0.05) is 28.3 Å². The topological polar surface area (TPSA) is 28.2 Å². The lowest BCUT2D eigenvalue weighted by Gasteiger charge is -2.20. The van der Waals surface area contributed by atoms with Crippen molar-refractivity contribution in [3.05, 3.63) is 36.9 Å². The average molecular weight is 395 g/mol. The number of pyridine rings is 1. The SMILES string of the molecule is CCNc1nc(N(C)Cc2cc(Br)cs2)c(Cl)cc1Cl. The van der Waals surface area contributed by atoms with Crippen LogP contribution in [0.4, 0.5) is 11.6 Å². The van der Waals surface area contributed by atoms with Gasteiger partial charge in [-0.1, -0.05) is 23.2 Å². The normalized spacial score (nSPS) is 10.7. The fourth-order valence-electron chi connectivity index (χ4n) is 1.76. The summed E-state index contributed by atoms with van der Waals surface area (Å²) >= 11 is 17.5. The monoisotopic (exact) mass is 393 g/mol. The number of hydrogen-bond donors (Lipinski definition) is 1. The van der Waals surface area contributed by atoms with Crippen molar-refractivity contribution in [1.29, 1.82) is 0 Å². The Morgan fingerprint density at radius 3 is 2.70 bits per heavy atom. The van der Waals surface area contributed by atoms with Crippen molar-refractivity contribution in [2.75, 3.05) is 23.8 Å². The molecule has 2 rings (SSSR count). The average Bonchev–Trinajstić information content (AvgIpc) is 2.78. The smallest absolute Gasteiger partial charge is 0.150 e. The summed E-state index contributed by atoms with van der Waals surface area (Å²) in [5.74, 6) is 1.38. The van der Waals surface area contributed by atoms with Gasteiger partial charge in [-0.15, -0.1) is 11.3 Å². The van der Waals surface area contributed by atoms with E-state index in [0.29, 0.717) is 15.9 Å². The van der Waals surface area contributed by atoms with Crippen molar-refractivity contribution in [2.45, 2.75) is 13.5 Å². The molecule has 2 aromatic rings. The quantitative estimate of drug-likeness (QED) is 0.747. The molecule has 0 amide bonds. The molecule has 0 aliphatic carbocycles. The molecule has 20 heavy (non-hydrogen) atoms. The third kappa shape index (κ3) is 3.79. The van der Waals surface area contributed by atoms with E-state index in [1.54, 1.807) is 17.4 Å². The van der Waals surface area contributed by atoms with Gasteiger partial charge in [-0.05, 0) is 35.0 Å². The van der Waals surface area contributed by atoms with Gasteiger partial charge in [0.25, 0.3) is 0 Å². The Bertz CT molecular complexity index is 603. The van der Waals surface area contributed by atoms with Crippen LogP contribution >= 0.6 is 50.5 Å². The maximum absolute atomic E-state index is 6.25. The second-order valence-corrected chi connectivity index (χ2v) is 6.97. The molecule has 0 saturated heterocycles. The van der Waals surface area contributed by atoms with Crippen molar-refractivity contribution >= 4 is 62.1 Å². The van der Waals surface area contributed by atoms with Crippen molar-refractivity contribution < 1.29 is 0 Å². The van der Waals surface area contributed by atoms with Gasteiger partial charge in [0.2, 0.25) is 0 Å². The Morgan fingerprint density at radius 1 is 1.35 bits per heavy atom. The molecule has 2 aromatic heterocycles. The van der Waals surface area contributed by atoms with Gasteiger partial charge in [0.15, 0.2) is 0 Å². The molecule has 0 bridgehead atoms. The van der Waals surface area contributed by atoms with E-state index in [-0.39, 0.29) is 0 Å². The van der Waals surface area contributed by atoms with Gasteiger partial charge < -0.3 is 10.2 Å². The zero-order chi connectivity index (χ0) is 14.7. The van der Waals surface area contributed by atoms with Gasteiger partial charge in [-0.3, -0.25) is 0 Å². The molecule has 0 fully saturated rings. The summed E-state index contributed by atoms with van der Waals surface area (Å²) in [5.41, 5.74) is 0. The summed E-state index contributed by atoms with van der Waals surface area (Å²) in [6.07, 6.45) is 0. The maximum atomic E-state index is 6.25. The van der Waals surface area contributed by atoms with E-state index in [4.69, 9.17) is 23.2 Å². The first kappa shape index (κ1) is 15.9. The minimum atomic E-state index is 0.535. The first-order valence-corrected chi connectivity index (χ1v) is 8.48. The van der Waals surface area contributed by atoms with Crippen LogP contribution in [0.5, 0.6) is 0 Å². The predicted octanol–water partition coefficient (Wildman–Crippen LogP) is 5.28. The first-order chi connectivity index (χ1) is 9.51. The molecule has 0 aliphatic rings. The fraction of sp³-hybridized carbons (Fsp3) is 0.308. The molecule has 0 aliphatic heterocycles. The van der Waals surface area contributed by atoms with Gasteiger partial charge in [0.1, 0.15) is 11.6 Å². The number of aromatic nitrogens is 1. The molecule has 0 atom stereocenters.